The summed E-state index contributed by atoms with van der Waals surface area (Å²) in [6.45, 7) is 1.73. The molecular weight excluding hydrogens is 310 g/mol. The molecule has 2 saturated heterocycles. The number of hydrogen-bond acceptors (Lipinski definition) is 4. The van der Waals surface area contributed by atoms with E-state index in [9.17, 15) is 19.8 Å². The highest BCUT2D eigenvalue weighted by molar-refractivity contribution is 5.94. The van der Waals surface area contributed by atoms with E-state index in [4.69, 9.17) is 0 Å². The van der Waals surface area contributed by atoms with Gasteiger partial charge >= 0.3 is 6.03 Å². The summed E-state index contributed by atoms with van der Waals surface area (Å²) in [5, 5.41) is 22.2. The van der Waals surface area contributed by atoms with Gasteiger partial charge in [0.05, 0.1) is 19.6 Å². The number of nitrogens with zero attached hydrogens (tertiary/aromatic N) is 2. The number of carbonyl (C=O) groups is 2. The third-order valence-electron chi connectivity index (χ3n) is 4.66. The number of benzene rings is 1. The number of amides is 3. The molecule has 1 atom stereocenters. The molecule has 3 amide bonds. The van der Waals surface area contributed by atoms with Gasteiger partial charge in [0.15, 0.2) is 0 Å². The fourth-order valence-electron chi connectivity index (χ4n) is 3.25. The molecule has 0 saturated carbocycles. The van der Waals surface area contributed by atoms with Gasteiger partial charge in [-0.05, 0) is 30.5 Å². The van der Waals surface area contributed by atoms with E-state index in [1.165, 1.54) is 0 Å². The van der Waals surface area contributed by atoms with Crippen molar-refractivity contribution < 1.29 is 19.8 Å². The Bertz CT molecular complexity index is 619. The highest BCUT2D eigenvalue weighted by Crippen LogP contribution is 2.22. The van der Waals surface area contributed by atoms with Gasteiger partial charge in [-0.1, -0.05) is 12.1 Å². The first-order valence-electron chi connectivity index (χ1n) is 8.26. The van der Waals surface area contributed by atoms with Crippen molar-refractivity contribution in [2.75, 3.05) is 37.7 Å². The fraction of sp³-hybridized carbons (Fsp3) is 0.529. The van der Waals surface area contributed by atoms with Crippen LogP contribution in [0.15, 0.2) is 24.3 Å². The summed E-state index contributed by atoms with van der Waals surface area (Å²) in [6.07, 6.45) is 1.44. The molecule has 3 N–H and O–H groups in total. The van der Waals surface area contributed by atoms with E-state index in [0.29, 0.717) is 32.5 Å². The molecule has 1 aromatic carbocycles. The lowest BCUT2D eigenvalue weighted by atomic mass is 9.93. The molecule has 0 bridgehead atoms. The molecule has 7 nitrogen and oxygen atoms in total. The Balaban J connectivity index is 1.61. The zero-order valence-electron chi connectivity index (χ0n) is 13.6. The third-order valence-corrected chi connectivity index (χ3v) is 4.66. The Kier molecular flexibility index (Phi) is 4.73. The Labute approximate surface area is 140 Å². The number of hydrogen-bond donors (Lipinski definition) is 3. The van der Waals surface area contributed by atoms with Crippen LogP contribution in [0.1, 0.15) is 18.4 Å². The average Bonchev–Trinajstić information content (AvgIpc) is 3.02. The summed E-state index contributed by atoms with van der Waals surface area (Å²) in [7, 11) is 0. The maximum atomic E-state index is 12.4. The summed E-state index contributed by atoms with van der Waals surface area (Å²) in [5.41, 5.74) is 0.497. The quantitative estimate of drug-likeness (QED) is 0.729. The van der Waals surface area contributed by atoms with Crippen molar-refractivity contribution in [3.05, 3.63) is 29.8 Å². The predicted octanol–water partition coefficient (Wildman–Crippen LogP) is 0.104. The van der Waals surface area contributed by atoms with Crippen molar-refractivity contribution in [3.8, 4) is 0 Å². The smallest absolute Gasteiger partial charge is 0.321 e. The number of rotatable bonds is 4. The molecule has 0 spiro atoms. The summed E-state index contributed by atoms with van der Waals surface area (Å²) >= 11 is 0. The molecule has 130 valence electrons. The second-order valence-corrected chi connectivity index (χ2v) is 6.53. The third kappa shape index (κ3) is 3.52. The van der Waals surface area contributed by atoms with Crippen LogP contribution in [0.3, 0.4) is 0 Å². The van der Waals surface area contributed by atoms with Crippen LogP contribution in [0.2, 0.25) is 0 Å². The molecule has 3 rings (SSSR count). The van der Waals surface area contributed by atoms with Crippen LogP contribution >= 0.6 is 0 Å². The largest absolute Gasteiger partial charge is 0.393 e. The van der Waals surface area contributed by atoms with E-state index in [-0.39, 0.29) is 31.5 Å². The summed E-state index contributed by atoms with van der Waals surface area (Å²) < 4.78 is 0. The van der Waals surface area contributed by atoms with Crippen molar-refractivity contribution in [1.82, 2.24) is 10.2 Å². The topological polar surface area (TPSA) is 93.1 Å². The minimum absolute atomic E-state index is 0.0618. The van der Waals surface area contributed by atoms with Crippen LogP contribution in [0.25, 0.3) is 0 Å². The monoisotopic (exact) mass is 333 g/mol. The van der Waals surface area contributed by atoms with Gasteiger partial charge in [0.1, 0.15) is 5.60 Å². The number of likely N-dealkylation sites (tertiary alicyclic amines) is 1. The van der Waals surface area contributed by atoms with Gasteiger partial charge in [0, 0.05) is 25.3 Å². The van der Waals surface area contributed by atoms with Gasteiger partial charge in [-0.3, -0.25) is 9.69 Å². The van der Waals surface area contributed by atoms with Crippen LogP contribution in [-0.4, -0.2) is 65.4 Å². The molecule has 2 aliphatic heterocycles. The average molecular weight is 333 g/mol. The van der Waals surface area contributed by atoms with Crippen molar-refractivity contribution in [1.29, 1.82) is 0 Å². The first-order chi connectivity index (χ1) is 11.5. The summed E-state index contributed by atoms with van der Waals surface area (Å²) in [4.78, 5) is 27.3. The van der Waals surface area contributed by atoms with Crippen molar-refractivity contribution in [2.24, 2.45) is 0 Å². The molecule has 24 heavy (non-hydrogen) atoms. The minimum atomic E-state index is -1.18. The number of β-amino-alcohol motifs (C(OH)–C–C–N with tert-alkyl or cyclic N) is 1. The SMILES string of the molecule is O=C(Cc1ccc(N2CCNC2=O)cc1)N1CCC[C@](O)(CO)C1. The fourth-order valence-corrected chi connectivity index (χ4v) is 3.25. The normalized spacial score (nSPS) is 24.2. The number of anilines is 1. The Morgan fingerprint density at radius 3 is 2.62 bits per heavy atom. The zero-order valence-corrected chi connectivity index (χ0v) is 13.6. The van der Waals surface area contributed by atoms with Crippen LogP contribution in [-0.2, 0) is 11.2 Å². The minimum Gasteiger partial charge on any atom is -0.393 e. The van der Waals surface area contributed by atoms with E-state index in [1.807, 2.05) is 24.3 Å². The maximum absolute atomic E-state index is 12.4. The molecule has 7 heteroatoms. The lowest BCUT2D eigenvalue weighted by Gasteiger charge is -2.38. The van der Waals surface area contributed by atoms with Crippen LogP contribution in [0.5, 0.6) is 0 Å². The van der Waals surface area contributed by atoms with E-state index < -0.39 is 5.60 Å². The van der Waals surface area contributed by atoms with Crippen molar-refractivity contribution in [2.45, 2.75) is 24.9 Å². The van der Waals surface area contributed by atoms with Crippen LogP contribution in [0.4, 0.5) is 10.5 Å². The molecule has 0 unspecified atom stereocenters. The predicted molar refractivity (Wildman–Crippen MR) is 88.7 cm³/mol. The number of carbonyl (C=O) groups excluding carboxylic acids is 2. The Morgan fingerprint density at radius 1 is 1.25 bits per heavy atom. The second kappa shape index (κ2) is 6.78. The van der Waals surface area contributed by atoms with Gasteiger partial charge in [0.2, 0.25) is 5.91 Å². The van der Waals surface area contributed by atoms with E-state index in [1.54, 1.807) is 9.80 Å². The molecule has 0 aromatic heterocycles. The van der Waals surface area contributed by atoms with Gasteiger partial charge in [-0.15, -0.1) is 0 Å². The summed E-state index contributed by atoms with van der Waals surface area (Å²) in [5.74, 6) is -0.0618. The van der Waals surface area contributed by atoms with E-state index in [0.717, 1.165) is 11.3 Å². The molecule has 2 aliphatic rings. The van der Waals surface area contributed by atoms with Gasteiger partial charge in [0.25, 0.3) is 0 Å². The molecular formula is C17H23N3O4. The zero-order chi connectivity index (χ0) is 17.2. The highest BCUT2D eigenvalue weighted by Gasteiger charge is 2.34. The number of aliphatic hydroxyl groups excluding tert-OH is 1. The Hall–Kier alpha value is -2.12. The number of urea groups is 1. The van der Waals surface area contributed by atoms with Gasteiger partial charge in [-0.25, -0.2) is 4.79 Å². The molecule has 0 radical (unpaired) electrons. The summed E-state index contributed by atoms with van der Waals surface area (Å²) in [6, 6.07) is 7.28. The second-order valence-electron chi connectivity index (χ2n) is 6.53. The van der Waals surface area contributed by atoms with Crippen molar-refractivity contribution in [3.63, 3.8) is 0 Å². The Morgan fingerprint density at radius 2 is 2.00 bits per heavy atom. The number of nitrogens with one attached hydrogen (secondary N) is 1. The van der Waals surface area contributed by atoms with Gasteiger partial charge in [-0.2, -0.15) is 0 Å². The lowest BCUT2D eigenvalue weighted by Crippen LogP contribution is -2.52. The maximum Gasteiger partial charge on any atom is 0.321 e. The molecule has 0 aliphatic carbocycles. The molecule has 2 fully saturated rings. The molecule has 2 heterocycles. The standard InChI is InChI=1S/C17H23N3O4/c21-12-17(24)6-1-8-19(11-17)15(22)10-13-2-4-14(5-3-13)20-9-7-18-16(20)23/h2-5,21,24H,1,6-12H2,(H,18,23)/t17-/m1/s1. The number of piperidine rings is 1. The van der Waals surface area contributed by atoms with E-state index in [2.05, 4.69) is 5.32 Å². The van der Waals surface area contributed by atoms with Crippen molar-refractivity contribution >= 4 is 17.6 Å². The van der Waals surface area contributed by atoms with Crippen LogP contribution in [0, 0.1) is 0 Å². The lowest BCUT2D eigenvalue weighted by molar-refractivity contribution is -0.139. The first-order valence-corrected chi connectivity index (χ1v) is 8.26. The first kappa shape index (κ1) is 16.7. The van der Waals surface area contributed by atoms with E-state index >= 15 is 0 Å². The molecule has 1 aromatic rings. The highest BCUT2D eigenvalue weighted by atomic mass is 16.3. The number of aliphatic hydroxyl groups is 2. The van der Waals surface area contributed by atoms with Gasteiger partial charge < -0.3 is 20.4 Å². The van der Waals surface area contributed by atoms with Crippen LogP contribution < -0.4 is 10.2 Å².